The molecule has 1 aliphatic heterocycles. The zero-order valence-electron chi connectivity index (χ0n) is 13.3. The predicted molar refractivity (Wildman–Crippen MR) is 94.8 cm³/mol. The van der Waals surface area contributed by atoms with E-state index >= 15 is 0 Å². The largest absolute Gasteiger partial charge is 0.487 e. The van der Waals surface area contributed by atoms with Crippen LogP contribution in [-0.2, 0) is 0 Å². The van der Waals surface area contributed by atoms with Gasteiger partial charge in [-0.3, -0.25) is 4.98 Å². The normalized spacial score (nSPS) is 17.4. The lowest BCUT2D eigenvalue weighted by molar-refractivity contribution is 0.225. The Hall–Kier alpha value is -2.40. The van der Waals surface area contributed by atoms with Crippen LogP contribution in [0.3, 0.4) is 0 Å². The molecule has 122 valence electrons. The Labute approximate surface area is 145 Å². The van der Waals surface area contributed by atoms with Crippen molar-refractivity contribution < 1.29 is 4.74 Å². The fourth-order valence-corrected chi connectivity index (χ4v) is 3.20. The Morgan fingerprint density at radius 1 is 1.17 bits per heavy atom. The third kappa shape index (κ3) is 2.87. The molecule has 1 aromatic carbocycles. The molecule has 0 radical (unpaired) electrons. The highest BCUT2D eigenvalue weighted by Gasteiger charge is 2.27. The van der Waals surface area contributed by atoms with Crippen LogP contribution in [-0.4, -0.2) is 34.1 Å². The SMILES string of the molecule is Cc1nc2ccccc2nc1N1CCC(Oc2ccncc2Cl)C1. The first-order chi connectivity index (χ1) is 11.7. The van der Waals surface area contributed by atoms with E-state index in [1.807, 2.05) is 31.2 Å². The van der Waals surface area contributed by atoms with Crippen LogP contribution in [0.25, 0.3) is 11.0 Å². The van der Waals surface area contributed by atoms with Gasteiger partial charge in [-0.25, -0.2) is 9.97 Å². The summed E-state index contributed by atoms with van der Waals surface area (Å²) < 4.78 is 6.02. The van der Waals surface area contributed by atoms with E-state index in [0.29, 0.717) is 10.8 Å². The van der Waals surface area contributed by atoms with Gasteiger partial charge in [-0.2, -0.15) is 0 Å². The van der Waals surface area contributed by atoms with Crippen LogP contribution in [0.4, 0.5) is 5.82 Å². The smallest absolute Gasteiger partial charge is 0.150 e. The van der Waals surface area contributed by atoms with E-state index in [1.165, 1.54) is 0 Å². The zero-order valence-corrected chi connectivity index (χ0v) is 14.1. The van der Waals surface area contributed by atoms with Gasteiger partial charge in [0, 0.05) is 31.4 Å². The van der Waals surface area contributed by atoms with Crippen LogP contribution in [0.1, 0.15) is 12.1 Å². The second-order valence-electron chi connectivity index (χ2n) is 5.90. The maximum Gasteiger partial charge on any atom is 0.150 e. The number of nitrogens with zero attached hydrogens (tertiary/aromatic N) is 4. The summed E-state index contributed by atoms with van der Waals surface area (Å²) in [4.78, 5) is 15.7. The minimum atomic E-state index is 0.0811. The first-order valence-corrected chi connectivity index (χ1v) is 8.33. The topological polar surface area (TPSA) is 51.1 Å². The quantitative estimate of drug-likeness (QED) is 0.728. The number of para-hydroxylation sites is 2. The van der Waals surface area contributed by atoms with Gasteiger partial charge < -0.3 is 9.64 Å². The number of rotatable bonds is 3. The van der Waals surface area contributed by atoms with Crippen molar-refractivity contribution in [3.05, 3.63) is 53.4 Å². The molecule has 0 amide bonds. The highest BCUT2D eigenvalue weighted by molar-refractivity contribution is 6.31. The van der Waals surface area contributed by atoms with E-state index in [0.717, 1.165) is 42.1 Å². The standard InChI is InChI=1S/C18H17ClN4O/c1-12-18(22-16-5-3-2-4-15(16)21-12)23-9-7-13(11-23)24-17-6-8-20-10-14(17)19/h2-6,8,10,13H,7,9,11H2,1H3. The van der Waals surface area contributed by atoms with Gasteiger partial charge in [0.05, 0.1) is 23.3 Å². The molecule has 0 spiro atoms. The molecule has 3 heterocycles. The number of fused-ring (bicyclic) bond motifs is 1. The van der Waals surface area contributed by atoms with Crippen LogP contribution in [0, 0.1) is 6.92 Å². The Balaban J connectivity index is 1.54. The van der Waals surface area contributed by atoms with Gasteiger partial charge in [-0.1, -0.05) is 23.7 Å². The van der Waals surface area contributed by atoms with Crippen LogP contribution < -0.4 is 9.64 Å². The summed E-state index contributed by atoms with van der Waals surface area (Å²) in [5.41, 5.74) is 2.78. The number of pyridine rings is 1. The predicted octanol–water partition coefficient (Wildman–Crippen LogP) is 3.64. The molecule has 0 saturated carbocycles. The molecule has 1 atom stereocenters. The summed E-state index contributed by atoms with van der Waals surface area (Å²) in [5.74, 6) is 1.61. The van der Waals surface area contributed by atoms with E-state index in [4.69, 9.17) is 21.3 Å². The Kier molecular flexibility index (Phi) is 3.94. The van der Waals surface area contributed by atoms with Crippen molar-refractivity contribution in [1.82, 2.24) is 15.0 Å². The lowest BCUT2D eigenvalue weighted by Gasteiger charge is -2.20. The molecule has 6 heteroatoms. The summed E-state index contributed by atoms with van der Waals surface area (Å²) in [7, 11) is 0. The Morgan fingerprint density at radius 3 is 2.75 bits per heavy atom. The van der Waals surface area contributed by atoms with Gasteiger partial charge in [0.25, 0.3) is 0 Å². The lowest BCUT2D eigenvalue weighted by atomic mass is 10.3. The molecular weight excluding hydrogens is 324 g/mol. The average molecular weight is 341 g/mol. The number of ether oxygens (including phenoxy) is 1. The van der Waals surface area contributed by atoms with Crippen LogP contribution in [0.2, 0.25) is 5.02 Å². The van der Waals surface area contributed by atoms with Crippen molar-refractivity contribution in [1.29, 1.82) is 0 Å². The average Bonchev–Trinajstić information content (AvgIpc) is 3.04. The number of benzene rings is 1. The van der Waals surface area contributed by atoms with Crippen molar-refractivity contribution in [2.24, 2.45) is 0 Å². The van der Waals surface area contributed by atoms with E-state index in [-0.39, 0.29) is 6.10 Å². The van der Waals surface area contributed by atoms with Crippen molar-refractivity contribution in [2.75, 3.05) is 18.0 Å². The molecule has 2 aromatic heterocycles. The Morgan fingerprint density at radius 2 is 1.96 bits per heavy atom. The second kappa shape index (κ2) is 6.24. The molecule has 0 aliphatic carbocycles. The highest BCUT2D eigenvalue weighted by atomic mass is 35.5. The van der Waals surface area contributed by atoms with Gasteiger partial charge in [-0.05, 0) is 19.1 Å². The molecule has 3 aromatic rings. The van der Waals surface area contributed by atoms with Crippen molar-refractivity contribution in [3.8, 4) is 5.75 Å². The van der Waals surface area contributed by atoms with Crippen LogP contribution in [0.5, 0.6) is 5.75 Å². The van der Waals surface area contributed by atoms with E-state index < -0.39 is 0 Å². The maximum atomic E-state index is 6.12. The third-order valence-electron chi connectivity index (χ3n) is 4.19. The van der Waals surface area contributed by atoms with E-state index in [2.05, 4.69) is 14.9 Å². The fourth-order valence-electron chi connectivity index (χ4n) is 3.03. The second-order valence-corrected chi connectivity index (χ2v) is 6.31. The molecule has 0 N–H and O–H groups in total. The van der Waals surface area contributed by atoms with E-state index in [1.54, 1.807) is 18.5 Å². The van der Waals surface area contributed by atoms with E-state index in [9.17, 15) is 0 Å². The van der Waals surface area contributed by atoms with Crippen molar-refractivity contribution >= 4 is 28.5 Å². The van der Waals surface area contributed by atoms with Crippen molar-refractivity contribution in [3.63, 3.8) is 0 Å². The first kappa shape index (κ1) is 15.1. The first-order valence-electron chi connectivity index (χ1n) is 7.95. The molecule has 1 unspecified atom stereocenters. The molecule has 1 fully saturated rings. The lowest BCUT2D eigenvalue weighted by Crippen LogP contribution is -2.26. The van der Waals surface area contributed by atoms with Crippen molar-refractivity contribution in [2.45, 2.75) is 19.4 Å². The number of hydrogen-bond donors (Lipinski definition) is 0. The van der Waals surface area contributed by atoms with Crippen LogP contribution in [0.15, 0.2) is 42.7 Å². The fraction of sp³-hybridized carbons (Fsp3) is 0.278. The summed E-state index contributed by atoms with van der Waals surface area (Å²) in [6, 6.07) is 9.74. The number of halogens is 1. The summed E-state index contributed by atoms with van der Waals surface area (Å²) >= 11 is 6.12. The monoisotopic (exact) mass is 340 g/mol. The van der Waals surface area contributed by atoms with Gasteiger partial charge >= 0.3 is 0 Å². The minimum absolute atomic E-state index is 0.0811. The van der Waals surface area contributed by atoms with Gasteiger partial charge in [0.15, 0.2) is 5.82 Å². The number of anilines is 1. The number of aryl methyl sites for hydroxylation is 1. The molecule has 1 aliphatic rings. The number of hydrogen-bond acceptors (Lipinski definition) is 5. The molecular formula is C18H17ClN4O. The molecule has 1 saturated heterocycles. The molecule has 0 bridgehead atoms. The molecule has 24 heavy (non-hydrogen) atoms. The van der Waals surface area contributed by atoms with Gasteiger partial charge in [0.1, 0.15) is 16.9 Å². The summed E-state index contributed by atoms with van der Waals surface area (Å²) in [6.07, 6.45) is 4.29. The highest BCUT2D eigenvalue weighted by Crippen LogP contribution is 2.28. The molecule has 4 rings (SSSR count). The maximum absolute atomic E-state index is 6.12. The van der Waals surface area contributed by atoms with Crippen LogP contribution >= 0.6 is 11.6 Å². The summed E-state index contributed by atoms with van der Waals surface area (Å²) in [5, 5.41) is 0.539. The zero-order chi connectivity index (χ0) is 16.5. The summed E-state index contributed by atoms with van der Waals surface area (Å²) in [6.45, 7) is 3.66. The van der Waals surface area contributed by atoms with Gasteiger partial charge in [-0.15, -0.1) is 0 Å². The minimum Gasteiger partial charge on any atom is -0.487 e. The Bertz CT molecular complexity index is 886. The third-order valence-corrected chi connectivity index (χ3v) is 4.48. The van der Waals surface area contributed by atoms with Gasteiger partial charge in [0.2, 0.25) is 0 Å². The molecule has 5 nitrogen and oxygen atoms in total. The number of aromatic nitrogens is 3.